The Kier molecular flexibility index (Phi) is 5.83. The molecule has 0 fully saturated rings. The third-order valence-corrected chi connectivity index (χ3v) is 5.40. The van der Waals surface area contributed by atoms with Gasteiger partial charge in [0, 0.05) is 18.3 Å². The maximum atomic E-state index is 12.2. The SMILES string of the molecule is CC(=O)Nc1ccccc1NC(=O)CNCc1csc2c1CCCC2. The summed E-state index contributed by atoms with van der Waals surface area (Å²) in [5.74, 6) is -0.288. The van der Waals surface area contributed by atoms with Crippen LogP contribution in [-0.4, -0.2) is 18.4 Å². The molecule has 0 radical (unpaired) electrons. The van der Waals surface area contributed by atoms with Crippen molar-refractivity contribution in [3.8, 4) is 0 Å². The predicted molar refractivity (Wildman–Crippen MR) is 102 cm³/mol. The normalized spacial score (nSPS) is 13.2. The van der Waals surface area contributed by atoms with Crippen LogP contribution >= 0.6 is 11.3 Å². The smallest absolute Gasteiger partial charge is 0.238 e. The highest BCUT2D eigenvalue weighted by Crippen LogP contribution is 2.30. The maximum absolute atomic E-state index is 12.2. The summed E-state index contributed by atoms with van der Waals surface area (Å²) < 4.78 is 0. The molecule has 0 aliphatic heterocycles. The third kappa shape index (κ3) is 4.67. The molecule has 0 bridgehead atoms. The molecule has 3 rings (SSSR count). The number of nitrogens with one attached hydrogen (secondary N) is 3. The van der Waals surface area contributed by atoms with Crippen LogP contribution in [0.1, 0.15) is 35.8 Å². The zero-order valence-corrected chi connectivity index (χ0v) is 15.2. The van der Waals surface area contributed by atoms with Crippen molar-refractivity contribution in [2.75, 3.05) is 17.2 Å². The van der Waals surface area contributed by atoms with Crippen LogP contribution in [0.3, 0.4) is 0 Å². The molecule has 1 heterocycles. The Morgan fingerprint density at radius 1 is 1.08 bits per heavy atom. The maximum Gasteiger partial charge on any atom is 0.238 e. The van der Waals surface area contributed by atoms with Crippen LogP contribution in [0, 0.1) is 0 Å². The Morgan fingerprint density at radius 2 is 1.80 bits per heavy atom. The van der Waals surface area contributed by atoms with Crippen molar-refractivity contribution in [3.63, 3.8) is 0 Å². The molecule has 0 saturated heterocycles. The van der Waals surface area contributed by atoms with Crippen molar-refractivity contribution in [2.24, 2.45) is 0 Å². The molecular formula is C19H23N3O2S. The number of para-hydroxylation sites is 2. The fourth-order valence-corrected chi connectivity index (χ4v) is 4.25. The first kappa shape index (κ1) is 17.6. The van der Waals surface area contributed by atoms with E-state index < -0.39 is 0 Å². The zero-order chi connectivity index (χ0) is 17.6. The van der Waals surface area contributed by atoms with E-state index in [1.807, 2.05) is 23.5 Å². The molecule has 3 N–H and O–H groups in total. The Morgan fingerprint density at radius 3 is 2.56 bits per heavy atom. The van der Waals surface area contributed by atoms with Gasteiger partial charge in [-0.1, -0.05) is 12.1 Å². The van der Waals surface area contributed by atoms with Gasteiger partial charge in [-0.3, -0.25) is 9.59 Å². The van der Waals surface area contributed by atoms with Gasteiger partial charge in [0.05, 0.1) is 17.9 Å². The van der Waals surface area contributed by atoms with Crippen LogP contribution in [0.2, 0.25) is 0 Å². The second-order valence-electron chi connectivity index (χ2n) is 6.25. The predicted octanol–water partition coefficient (Wildman–Crippen LogP) is 3.31. The monoisotopic (exact) mass is 357 g/mol. The molecular weight excluding hydrogens is 334 g/mol. The third-order valence-electron chi connectivity index (χ3n) is 4.26. The van der Waals surface area contributed by atoms with Crippen LogP contribution in [0.4, 0.5) is 11.4 Å². The van der Waals surface area contributed by atoms with Gasteiger partial charge in [0.15, 0.2) is 0 Å². The topological polar surface area (TPSA) is 70.2 Å². The van der Waals surface area contributed by atoms with Crippen molar-refractivity contribution in [3.05, 3.63) is 45.6 Å². The number of aryl methyl sites for hydroxylation is 1. The van der Waals surface area contributed by atoms with Gasteiger partial charge in [-0.25, -0.2) is 0 Å². The van der Waals surface area contributed by atoms with Crippen molar-refractivity contribution >= 4 is 34.5 Å². The molecule has 132 valence electrons. The van der Waals surface area contributed by atoms with E-state index >= 15 is 0 Å². The van der Waals surface area contributed by atoms with E-state index in [-0.39, 0.29) is 18.4 Å². The number of amides is 2. The average molecular weight is 357 g/mol. The highest BCUT2D eigenvalue weighted by Gasteiger charge is 2.15. The van der Waals surface area contributed by atoms with Crippen LogP contribution in [-0.2, 0) is 29.0 Å². The minimum absolute atomic E-state index is 0.123. The molecule has 25 heavy (non-hydrogen) atoms. The van der Waals surface area contributed by atoms with E-state index in [2.05, 4.69) is 21.3 Å². The van der Waals surface area contributed by atoms with Gasteiger partial charge in [0.25, 0.3) is 0 Å². The van der Waals surface area contributed by atoms with Gasteiger partial charge in [-0.15, -0.1) is 11.3 Å². The molecule has 0 spiro atoms. The number of hydrogen-bond acceptors (Lipinski definition) is 4. The minimum Gasteiger partial charge on any atom is -0.325 e. The molecule has 2 amide bonds. The van der Waals surface area contributed by atoms with E-state index in [1.54, 1.807) is 12.1 Å². The van der Waals surface area contributed by atoms with Crippen molar-refractivity contribution < 1.29 is 9.59 Å². The Bertz CT molecular complexity index is 770. The lowest BCUT2D eigenvalue weighted by atomic mass is 9.96. The Labute approximate surface area is 151 Å². The van der Waals surface area contributed by atoms with E-state index in [1.165, 1.54) is 42.2 Å². The van der Waals surface area contributed by atoms with Crippen LogP contribution in [0.5, 0.6) is 0 Å². The number of hydrogen-bond donors (Lipinski definition) is 3. The molecule has 1 aromatic carbocycles. The highest BCUT2D eigenvalue weighted by atomic mass is 32.1. The van der Waals surface area contributed by atoms with Crippen molar-refractivity contribution in [2.45, 2.75) is 39.2 Å². The summed E-state index contributed by atoms with van der Waals surface area (Å²) in [6.45, 7) is 2.40. The van der Waals surface area contributed by atoms with E-state index in [0.717, 1.165) is 6.42 Å². The average Bonchev–Trinajstić information content (AvgIpc) is 3.00. The first-order valence-electron chi connectivity index (χ1n) is 8.59. The van der Waals surface area contributed by atoms with Crippen molar-refractivity contribution in [1.82, 2.24) is 5.32 Å². The summed E-state index contributed by atoms with van der Waals surface area (Å²) in [5.41, 5.74) is 4.03. The zero-order valence-electron chi connectivity index (χ0n) is 14.4. The van der Waals surface area contributed by atoms with E-state index in [4.69, 9.17) is 0 Å². The quantitative estimate of drug-likeness (QED) is 0.743. The van der Waals surface area contributed by atoms with Crippen LogP contribution in [0.15, 0.2) is 29.6 Å². The van der Waals surface area contributed by atoms with Gasteiger partial charge in [0.1, 0.15) is 0 Å². The molecule has 0 unspecified atom stereocenters. The lowest BCUT2D eigenvalue weighted by Crippen LogP contribution is -2.28. The second-order valence-corrected chi connectivity index (χ2v) is 7.21. The van der Waals surface area contributed by atoms with E-state index in [0.29, 0.717) is 17.9 Å². The molecule has 5 nitrogen and oxygen atoms in total. The standard InChI is InChI=1S/C19H23N3O2S/c1-13(23)21-16-7-3-4-8-17(16)22-19(24)11-20-10-14-12-25-18-9-5-2-6-15(14)18/h3-4,7-8,12,20H,2,5-6,9-11H2,1H3,(H,21,23)(H,22,24). The van der Waals surface area contributed by atoms with Crippen molar-refractivity contribution in [1.29, 1.82) is 0 Å². The molecule has 0 saturated carbocycles. The van der Waals surface area contributed by atoms with Crippen LogP contribution in [0.25, 0.3) is 0 Å². The van der Waals surface area contributed by atoms with E-state index in [9.17, 15) is 9.59 Å². The summed E-state index contributed by atoms with van der Waals surface area (Å²) in [6.07, 6.45) is 4.90. The molecule has 6 heteroatoms. The molecule has 1 aliphatic carbocycles. The van der Waals surface area contributed by atoms with Crippen LogP contribution < -0.4 is 16.0 Å². The Hall–Kier alpha value is -2.18. The first-order valence-corrected chi connectivity index (χ1v) is 9.47. The number of benzene rings is 1. The number of rotatable bonds is 6. The van der Waals surface area contributed by atoms with Gasteiger partial charge in [-0.2, -0.15) is 0 Å². The fourth-order valence-electron chi connectivity index (χ4n) is 3.10. The summed E-state index contributed by atoms with van der Waals surface area (Å²) in [7, 11) is 0. The van der Waals surface area contributed by atoms with Gasteiger partial charge in [0.2, 0.25) is 11.8 Å². The van der Waals surface area contributed by atoms with Gasteiger partial charge >= 0.3 is 0 Å². The summed E-state index contributed by atoms with van der Waals surface area (Å²) in [4.78, 5) is 24.9. The first-order chi connectivity index (χ1) is 12.1. The molecule has 2 aromatic rings. The Balaban J connectivity index is 1.52. The lowest BCUT2D eigenvalue weighted by Gasteiger charge is -2.14. The largest absolute Gasteiger partial charge is 0.325 e. The summed E-state index contributed by atoms with van der Waals surface area (Å²) in [5, 5.41) is 11.0. The summed E-state index contributed by atoms with van der Waals surface area (Å²) >= 11 is 1.84. The van der Waals surface area contributed by atoms with Gasteiger partial charge < -0.3 is 16.0 Å². The second kappa shape index (κ2) is 8.27. The number of anilines is 2. The number of carbonyl (C=O) groups excluding carboxylic acids is 2. The van der Waals surface area contributed by atoms with Gasteiger partial charge in [-0.05, 0) is 54.3 Å². The summed E-state index contributed by atoms with van der Waals surface area (Å²) in [6, 6.07) is 7.19. The number of carbonyl (C=O) groups is 2. The fraction of sp³-hybridized carbons (Fsp3) is 0.368. The number of fused-ring (bicyclic) bond motifs is 1. The lowest BCUT2D eigenvalue weighted by molar-refractivity contribution is -0.116. The molecule has 0 atom stereocenters. The number of thiophene rings is 1. The minimum atomic E-state index is -0.165. The molecule has 1 aromatic heterocycles. The highest BCUT2D eigenvalue weighted by molar-refractivity contribution is 7.10. The molecule has 1 aliphatic rings.